The number of nitrogens with one attached hydrogen (secondary N) is 1. The largest absolute Gasteiger partial charge is 0.456 e. The van der Waals surface area contributed by atoms with E-state index in [1.165, 1.54) is 16.7 Å². The van der Waals surface area contributed by atoms with Gasteiger partial charge in [-0.1, -0.05) is 29.5 Å². The molecule has 9 nitrogen and oxygen atoms in total. The Morgan fingerprint density at radius 3 is 2.77 bits per heavy atom. The molecule has 2 aromatic rings. The van der Waals surface area contributed by atoms with Crippen molar-refractivity contribution < 1.29 is 14.3 Å². The highest BCUT2D eigenvalue weighted by atomic mass is 32.2. The second-order valence-corrected chi connectivity index (χ2v) is 6.67. The lowest BCUT2D eigenvalue weighted by Gasteiger charge is -2.13. The van der Waals surface area contributed by atoms with Crippen molar-refractivity contribution in [2.45, 2.75) is 13.5 Å². The first kappa shape index (κ1) is 17.9. The number of thioether (sulfide) groups is 1. The molecule has 2 heterocycles. The highest BCUT2D eigenvalue weighted by Gasteiger charge is 2.24. The van der Waals surface area contributed by atoms with Crippen LogP contribution in [0.25, 0.3) is 0 Å². The minimum atomic E-state index is -0.520. The summed E-state index contributed by atoms with van der Waals surface area (Å²) >= 11 is 1.19. The van der Waals surface area contributed by atoms with Gasteiger partial charge in [0.2, 0.25) is 11.9 Å². The number of nitrogens with zero attached hydrogens (tertiary/aromatic N) is 4. The van der Waals surface area contributed by atoms with Crippen LogP contribution in [0.3, 0.4) is 0 Å². The standard InChI is InChI=1S/C16H18N6O3S/c1-10-2-4-11(5-3-10)18-15-20-12(19-14(17)21-15)9-25-13(23)8-22-6-7-26-16(22)24/h2-5H,6-9H2,1H3,(H3,17,18,19,20,21). The number of benzene rings is 1. The van der Waals surface area contributed by atoms with Crippen molar-refractivity contribution in [3.63, 3.8) is 0 Å². The number of hydrogen-bond acceptors (Lipinski definition) is 9. The second kappa shape index (κ2) is 8.00. The van der Waals surface area contributed by atoms with Crippen LogP contribution in [0.4, 0.5) is 22.4 Å². The molecule has 0 bridgehead atoms. The predicted octanol–water partition coefficient (Wildman–Crippen LogP) is 1.72. The molecule has 3 rings (SSSR count). The molecular weight excluding hydrogens is 356 g/mol. The van der Waals surface area contributed by atoms with E-state index in [-0.39, 0.29) is 36.1 Å². The monoisotopic (exact) mass is 374 g/mol. The molecule has 0 unspecified atom stereocenters. The Labute approximate surface area is 154 Å². The molecular formula is C16H18N6O3S. The zero-order valence-corrected chi connectivity index (χ0v) is 15.0. The Morgan fingerprint density at radius 1 is 1.31 bits per heavy atom. The molecule has 136 valence electrons. The van der Waals surface area contributed by atoms with E-state index in [0.717, 1.165) is 11.3 Å². The summed E-state index contributed by atoms with van der Waals surface area (Å²) in [6.07, 6.45) is 0. The molecule has 1 fully saturated rings. The molecule has 1 aliphatic heterocycles. The fourth-order valence-corrected chi connectivity index (χ4v) is 3.06. The van der Waals surface area contributed by atoms with E-state index in [2.05, 4.69) is 20.3 Å². The average molecular weight is 374 g/mol. The Hall–Kier alpha value is -2.88. The number of ether oxygens (including phenoxy) is 1. The summed E-state index contributed by atoms with van der Waals surface area (Å²) in [5, 5.41) is 2.91. The van der Waals surface area contributed by atoms with Gasteiger partial charge in [0.25, 0.3) is 5.24 Å². The summed E-state index contributed by atoms with van der Waals surface area (Å²) in [5.41, 5.74) is 7.63. The fourth-order valence-electron chi connectivity index (χ4n) is 2.24. The molecule has 1 amide bonds. The lowest BCUT2D eigenvalue weighted by molar-refractivity contribution is -0.145. The van der Waals surface area contributed by atoms with Gasteiger partial charge < -0.3 is 20.7 Å². The van der Waals surface area contributed by atoms with Crippen molar-refractivity contribution in [3.8, 4) is 0 Å². The summed E-state index contributed by atoms with van der Waals surface area (Å²) in [6.45, 7) is 2.30. The number of rotatable bonds is 6. The predicted molar refractivity (Wildman–Crippen MR) is 97.9 cm³/mol. The van der Waals surface area contributed by atoms with Crippen molar-refractivity contribution in [2.75, 3.05) is 29.9 Å². The molecule has 0 saturated carbocycles. The van der Waals surface area contributed by atoms with Crippen LogP contribution < -0.4 is 11.1 Å². The van der Waals surface area contributed by atoms with Gasteiger partial charge in [-0.15, -0.1) is 0 Å². The van der Waals surface area contributed by atoms with Gasteiger partial charge in [-0.2, -0.15) is 15.0 Å². The molecule has 0 radical (unpaired) electrons. The van der Waals surface area contributed by atoms with Gasteiger partial charge in [-0.25, -0.2) is 0 Å². The van der Waals surface area contributed by atoms with Crippen LogP contribution in [0.5, 0.6) is 0 Å². The summed E-state index contributed by atoms with van der Waals surface area (Å²) in [4.78, 5) is 37.0. The van der Waals surface area contributed by atoms with Gasteiger partial charge in [0.15, 0.2) is 12.4 Å². The number of esters is 1. The molecule has 0 aliphatic carbocycles. The minimum Gasteiger partial charge on any atom is -0.456 e. The SMILES string of the molecule is Cc1ccc(Nc2nc(N)nc(COC(=O)CN3CCSC3=O)n2)cc1. The van der Waals surface area contributed by atoms with Crippen LogP contribution in [0, 0.1) is 6.92 Å². The smallest absolute Gasteiger partial charge is 0.326 e. The normalized spacial score (nSPS) is 13.7. The molecule has 3 N–H and O–H groups in total. The van der Waals surface area contributed by atoms with Crippen LogP contribution in [0.2, 0.25) is 0 Å². The molecule has 1 aromatic carbocycles. The van der Waals surface area contributed by atoms with Gasteiger partial charge in [0.05, 0.1) is 0 Å². The Morgan fingerprint density at radius 2 is 2.08 bits per heavy atom. The second-order valence-electron chi connectivity index (χ2n) is 5.62. The van der Waals surface area contributed by atoms with Crippen LogP contribution in [-0.4, -0.2) is 49.9 Å². The van der Waals surface area contributed by atoms with E-state index in [1.807, 2.05) is 31.2 Å². The summed E-state index contributed by atoms with van der Waals surface area (Å²) in [6, 6.07) is 7.68. The third-order valence-corrected chi connectivity index (χ3v) is 4.43. The topological polar surface area (TPSA) is 123 Å². The van der Waals surface area contributed by atoms with Crippen LogP contribution >= 0.6 is 11.8 Å². The molecule has 1 aromatic heterocycles. The quantitative estimate of drug-likeness (QED) is 0.727. The van der Waals surface area contributed by atoms with E-state index in [0.29, 0.717) is 12.3 Å². The van der Waals surface area contributed by atoms with E-state index < -0.39 is 5.97 Å². The Balaban J connectivity index is 1.59. The van der Waals surface area contributed by atoms with Crippen LogP contribution in [0.1, 0.15) is 11.4 Å². The lowest BCUT2D eigenvalue weighted by atomic mass is 10.2. The molecule has 0 spiro atoms. The number of nitrogen functional groups attached to an aromatic ring is 1. The zero-order valence-electron chi connectivity index (χ0n) is 14.1. The van der Waals surface area contributed by atoms with Gasteiger partial charge >= 0.3 is 5.97 Å². The fraction of sp³-hybridized carbons (Fsp3) is 0.312. The maximum absolute atomic E-state index is 11.9. The Bertz CT molecular complexity index is 814. The molecule has 1 aliphatic rings. The van der Waals surface area contributed by atoms with Crippen LogP contribution in [-0.2, 0) is 16.1 Å². The first-order chi connectivity index (χ1) is 12.5. The zero-order chi connectivity index (χ0) is 18.5. The maximum atomic E-state index is 11.9. The van der Waals surface area contributed by atoms with Gasteiger partial charge in [-0.05, 0) is 19.1 Å². The number of aromatic nitrogens is 3. The van der Waals surface area contributed by atoms with Crippen molar-refractivity contribution >= 4 is 40.6 Å². The highest BCUT2D eigenvalue weighted by molar-refractivity contribution is 8.13. The average Bonchev–Trinajstić information content (AvgIpc) is 2.99. The van der Waals surface area contributed by atoms with Gasteiger partial charge in [0.1, 0.15) is 6.54 Å². The number of carbonyl (C=O) groups is 2. The highest BCUT2D eigenvalue weighted by Crippen LogP contribution is 2.17. The van der Waals surface area contributed by atoms with E-state index in [4.69, 9.17) is 10.5 Å². The number of aryl methyl sites for hydroxylation is 1. The third-order valence-electron chi connectivity index (χ3n) is 3.53. The van der Waals surface area contributed by atoms with Crippen molar-refractivity contribution in [1.29, 1.82) is 0 Å². The Kier molecular flexibility index (Phi) is 5.52. The maximum Gasteiger partial charge on any atom is 0.326 e. The molecule has 10 heteroatoms. The number of nitrogens with two attached hydrogens (primary N) is 1. The van der Waals surface area contributed by atoms with E-state index in [9.17, 15) is 9.59 Å². The number of hydrogen-bond donors (Lipinski definition) is 2. The number of amides is 1. The van der Waals surface area contributed by atoms with Crippen LogP contribution in [0.15, 0.2) is 24.3 Å². The molecule has 26 heavy (non-hydrogen) atoms. The number of anilines is 3. The molecule has 1 saturated heterocycles. The minimum absolute atomic E-state index is 0.0202. The number of carbonyl (C=O) groups excluding carboxylic acids is 2. The summed E-state index contributed by atoms with van der Waals surface area (Å²) in [7, 11) is 0. The third kappa shape index (κ3) is 4.82. The first-order valence-corrected chi connectivity index (χ1v) is 8.89. The van der Waals surface area contributed by atoms with E-state index in [1.54, 1.807) is 0 Å². The molecule has 0 atom stereocenters. The van der Waals surface area contributed by atoms with E-state index >= 15 is 0 Å². The summed E-state index contributed by atoms with van der Waals surface area (Å²) in [5.74, 6) is 0.671. The van der Waals surface area contributed by atoms with Crippen molar-refractivity contribution in [3.05, 3.63) is 35.7 Å². The van der Waals surface area contributed by atoms with Gasteiger partial charge in [-0.3, -0.25) is 9.59 Å². The summed E-state index contributed by atoms with van der Waals surface area (Å²) < 4.78 is 5.14. The van der Waals surface area contributed by atoms with Gasteiger partial charge in [0, 0.05) is 18.0 Å². The lowest BCUT2D eigenvalue weighted by Crippen LogP contribution is -2.31. The van der Waals surface area contributed by atoms with Crippen molar-refractivity contribution in [2.24, 2.45) is 0 Å². The van der Waals surface area contributed by atoms with Crippen molar-refractivity contribution in [1.82, 2.24) is 19.9 Å². The first-order valence-electron chi connectivity index (χ1n) is 7.91.